The molecule has 1 nitrogen and oxygen atoms in total. The molecule has 1 aliphatic heterocycles. The molecule has 2 rings (SSSR count). The van der Waals surface area contributed by atoms with Gasteiger partial charge in [0.05, 0.1) is 0 Å². The van der Waals surface area contributed by atoms with Gasteiger partial charge in [0, 0.05) is 11.1 Å². The Hall–Kier alpha value is -0.0400. The van der Waals surface area contributed by atoms with E-state index < -0.39 is 0 Å². The summed E-state index contributed by atoms with van der Waals surface area (Å²) in [5.74, 6) is 0. The van der Waals surface area contributed by atoms with Crippen LogP contribution in [0.3, 0.4) is 0 Å². The van der Waals surface area contributed by atoms with Crippen LogP contribution in [0, 0.1) is 0 Å². The molecule has 1 saturated carbocycles. The largest absolute Gasteiger partial charge is 0.306 e. The normalized spacial score (nSPS) is 32.5. The average molecular weight is 167 g/mol. The Morgan fingerprint density at radius 2 is 1.50 bits per heavy atom. The van der Waals surface area contributed by atoms with E-state index in [0.29, 0.717) is 11.1 Å². The minimum atomic E-state index is 0.414. The predicted octanol–water partition coefficient (Wildman–Crippen LogP) is 2.85. The zero-order valence-corrected chi connectivity index (χ0v) is 8.45. The first-order valence-corrected chi connectivity index (χ1v) is 5.41. The maximum Gasteiger partial charge on any atom is 0.0187 e. The predicted molar refractivity (Wildman–Crippen MR) is 52.3 cm³/mol. The van der Waals surface area contributed by atoms with Crippen molar-refractivity contribution in [2.24, 2.45) is 0 Å². The van der Waals surface area contributed by atoms with Gasteiger partial charge in [-0.05, 0) is 39.5 Å². The highest BCUT2D eigenvalue weighted by molar-refractivity contribution is 5.03. The average Bonchev–Trinajstić information content (AvgIpc) is 2.29. The van der Waals surface area contributed by atoms with Crippen molar-refractivity contribution in [3.05, 3.63) is 0 Å². The molecule has 0 atom stereocenters. The molecular weight excluding hydrogens is 146 g/mol. The number of hydrogen-bond acceptors (Lipinski definition) is 1. The molecule has 1 spiro atoms. The first-order valence-electron chi connectivity index (χ1n) is 5.41. The molecule has 1 heteroatoms. The third-order valence-electron chi connectivity index (χ3n) is 3.64. The lowest BCUT2D eigenvalue weighted by Crippen LogP contribution is -2.48. The van der Waals surface area contributed by atoms with Crippen LogP contribution in [0.4, 0.5) is 0 Å². The van der Waals surface area contributed by atoms with E-state index in [-0.39, 0.29) is 0 Å². The van der Waals surface area contributed by atoms with Crippen molar-refractivity contribution in [1.82, 2.24) is 5.32 Å². The van der Waals surface area contributed by atoms with E-state index in [1.165, 1.54) is 44.9 Å². The van der Waals surface area contributed by atoms with E-state index in [1.54, 1.807) is 0 Å². The van der Waals surface area contributed by atoms with Crippen LogP contribution in [0.5, 0.6) is 0 Å². The van der Waals surface area contributed by atoms with Crippen molar-refractivity contribution in [2.75, 3.05) is 0 Å². The van der Waals surface area contributed by atoms with Crippen molar-refractivity contribution in [1.29, 1.82) is 0 Å². The lowest BCUT2D eigenvalue weighted by molar-refractivity contribution is 0.237. The van der Waals surface area contributed by atoms with E-state index >= 15 is 0 Å². The second kappa shape index (κ2) is 2.73. The summed E-state index contributed by atoms with van der Waals surface area (Å²) in [5, 5.41) is 3.85. The second-order valence-corrected chi connectivity index (χ2v) is 5.35. The molecule has 0 amide bonds. The highest BCUT2D eigenvalue weighted by atomic mass is 15.1. The summed E-state index contributed by atoms with van der Waals surface area (Å²) >= 11 is 0. The molecule has 0 aromatic rings. The Morgan fingerprint density at radius 1 is 0.833 bits per heavy atom. The standard InChI is InChI=1S/C11H21N/c1-10(2)8-9-11(12-10)6-4-3-5-7-11/h12H,3-9H2,1-2H3. The molecule has 1 N–H and O–H groups in total. The maximum atomic E-state index is 3.85. The molecule has 1 aliphatic carbocycles. The van der Waals surface area contributed by atoms with Gasteiger partial charge in [0.1, 0.15) is 0 Å². The third kappa shape index (κ3) is 1.52. The Balaban J connectivity index is 2.03. The minimum Gasteiger partial charge on any atom is -0.306 e. The van der Waals surface area contributed by atoms with Crippen LogP contribution >= 0.6 is 0 Å². The number of rotatable bonds is 0. The summed E-state index contributed by atoms with van der Waals surface area (Å²) in [6.07, 6.45) is 10.00. The van der Waals surface area contributed by atoms with Crippen LogP contribution in [-0.4, -0.2) is 11.1 Å². The van der Waals surface area contributed by atoms with Gasteiger partial charge in [-0.3, -0.25) is 0 Å². The molecule has 0 bridgehead atoms. The summed E-state index contributed by atoms with van der Waals surface area (Å²) in [7, 11) is 0. The van der Waals surface area contributed by atoms with Crippen molar-refractivity contribution in [3.63, 3.8) is 0 Å². The Labute approximate surface area is 75.9 Å². The van der Waals surface area contributed by atoms with Crippen LogP contribution < -0.4 is 5.32 Å². The molecule has 12 heavy (non-hydrogen) atoms. The fourth-order valence-electron chi connectivity index (χ4n) is 3.00. The van der Waals surface area contributed by atoms with Gasteiger partial charge in [0.25, 0.3) is 0 Å². The number of hydrogen-bond donors (Lipinski definition) is 1. The summed E-state index contributed by atoms with van der Waals surface area (Å²) < 4.78 is 0. The van der Waals surface area contributed by atoms with Crippen molar-refractivity contribution >= 4 is 0 Å². The molecule has 1 saturated heterocycles. The zero-order valence-electron chi connectivity index (χ0n) is 8.45. The van der Waals surface area contributed by atoms with Gasteiger partial charge in [-0.2, -0.15) is 0 Å². The number of nitrogens with one attached hydrogen (secondary N) is 1. The molecule has 2 fully saturated rings. The van der Waals surface area contributed by atoms with Crippen molar-refractivity contribution in [3.8, 4) is 0 Å². The third-order valence-corrected chi connectivity index (χ3v) is 3.64. The summed E-state index contributed by atoms with van der Waals surface area (Å²) in [5.41, 5.74) is 0.971. The van der Waals surface area contributed by atoms with Gasteiger partial charge < -0.3 is 5.32 Å². The van der Waals surface area contributed by atoms with Gasteiger partial charge in [-0.1, -0.05) is 19.3 Å². The molecular formula is C11H21N. The zero-order chi connectivity index (χ0) is 8.66. The fraction of sp³-hybridized carbons (Fsp3) is 1.00. The highest BCUT2D eigenvalue weighted by Gasteiger charge is 2.42. The van der Waals surface area contributed by atoms with Gasteiger partial charge in [0.2, 0.25) is 0 Å². The Bertz CT molecular complexity index is 166. The molecule has 0 aromatic heterocycles. The molecule has 0 radical (unpaired) electrons. The van der Waals surface area contributed by atoms with Gasteiger partial charge >= 0.3 is 0 Å². The molecule has 0 unspecified atom stereocenters. The van der Waals surface area contributed by atoms with Crippen LogP contribution in [0.25, 0.3) is 0 Å². The van der Waals surface area contributed by atoms with Gasteiger partial charge in [-0.15, -0.1) is 0 Å². The molecule has 70 valence electrons. The maximum absolute atomic E-state index is 3.85. The monoisotopic (exact) mass is 167 g/mol. The lowest BCUT2D eigenvalue weighted by atomic mass is 9.81. The first-order chi connectivity index (χ1) is 5.62. The minimum absolute atomic E-state index is 0.414. The highest BCUT2D eigenvalue weighted by Crippen LogP contribution is 2.40. The van der Waals surface area contributed by atoms with Crippen molar-refractivity contribution in [2.45, 2.75) is 69.9 Å². The van der Waals surface area contributed by atoms with Gasteiger partial charge in [-0.25, -0.2) is 0 Å². The smallest absolute Gasteiger partial charge is 0.0187 e. The topological polar surface area (TPSA) is 12.0 Å². The molecule has 2 aliphatic rings. The van der Waals surface area contributed by atoms with E-state index in [2.05, 4.69) is 19.2 Å². The van der Waals surface area contributed by atoms with Crippen LogP contribution in [0.15, 0.2) is 0 Å². The fourth-order valence-corrected chi connectivity index (χ4v) is 3.00. The lowest BCUT2D eigenvalue weighted by Gasteiger charge is -2.36. The SMILES string of the molecule is CC1(C)CCC2(CCCCC2)N1. The Morgan fingerprint density at radius 3 is 2.00 bits per heavy atom. The second-order valence-electron chi connectivity index (χ2n) is 5.35. The first kappa shape index (κ1) is 8.55. The summed E-state index contributed by atoms with van der Waals surface area (Å²) in [4.78, 5) is 0. The van der Waals surface area contributed by atoms with Crippen LogP contribution in [0.1, 0.15) is 58.8 Å². The van der Waals surface area contributed by atoms with E-state index in [0.717, 1.165) is 0 Å². The van der Waals surface area contributed by atoms with E-state index in [9.17, 15) is 0 Å². The van der Waals surface area contributed by atoms with Crippen LogP contribution in [0.2, 0.25) is 0 Å². The van der Waals surface area contributed by atoms with Crippen LogP contribution in [-0.2, 0) is 0 Å². The summed E-state index contributed by atoms with van der Waals surface area (Å²) in [6.45, 7) is 4.69. The van der Waals surface area contributed by atoms with Crippen molar-refractivity contribution < 1.29 is 0 Å². The van der Waals surface area contributed by atoms with Gasteiger partial charge in [0.15, 0.2) is 0 Å². The summed E-state index contributed by atoms with van der Waals surface area (Å²) in [6, 6.07) is 0. The Kier molecular flexibility index (Phi) is 1.95. The molecule has 0 aromatic carbocycles. The van der Waals surface area contributed by atoms with E-state index in [4.69, 9.17) is 0 Å². The van der Waals surface area contributed by atoms with E-state index in [1.807, 2.05) is 0 Å². The quantitative estimate of drug-likeness (QED) is 0.585. The molecule has 1 heterocycles.